The molecule has 1 aliphatic heterocycles. The lowest BCUT2D eigenvalue weighted by atomic mass is 9.91. The summed E-state index contributed by atoms with van der Waals surface area (Å²) in [6.45, 7) is 4.22. The Bertz CT molecular complexity index is 574. The van der Waals surface area contributed by atoms with Gasteiger partial charge in [-0.1, -0.05) is 29.3 Å². The highest BCUT2D eigenvalue weighted by Crippen LogP contribution is 2.38. The van der Waals surface area contributed by atoms with E-state index in [0.717, 1.165) is 16.7 Å². The van der Waals surface area contributed by atoms with Crippen molar-refractivity contribution in [3.8, 4) is 0 Å². The number of rotatable bonds is 3. The van der Waals surface area contributed by atoms with Gasteiger partial charge in [-0.15, -0.1) is 0 Å². The van der Waals surface area contributed by atoms with Gasteiger partial charge in [0.05, 0.1) is 0 Å². The molecule has 1 aliphatic rings. The minimum atomic E-state index is -4.65. The molecule has 0 bridgehead atoms. The first kappa shape index (κ1) is 18.6. The van der Waals surface area contributed by atoms with E-state index in [1.807, 2.05) is 26.0 Å². The van der Waals surface area contributed by atoms with E-state index in [9.17, 15) is 23.1 Å². The molecule has 0 aromatic heterocycles. The van der Waals surface area contributed by atoms with Crippen molar-refractivity contribution in [2.75, 3.05) is 19.6 Å². The number of amides is 2. The summed E-state index contributed by atoms with van der Waals surface area (Å²) in [5.74, 6) is 0. The van der Waals surface area contributed by atoms with Crippen LogP contribution in [0.25, 0.3) is 0 Å². The van der Waals surface area contributed by atoms with Gasteiger partial charge in [0.25, 0.3) is 0 Å². The van der Waals surface area contributed by atoms with Crippen LogP contribution in [0.5, 0.6) is 0 Å². The van der Waals surface area contributed by atoms with Crippen molar-refractivity contribution in [3.05, 3.63) is 34.9 Å². The quantitative estimate of drug-likeness (QED) is 0.886. The molecule has 1 fully saturated rings. The van der Waals surface area contributed by atoms with E-state index in [0.29, 0.717) is 13.0 Å². The van der Waals surface area contributed by atoms with E-state index in [4.69, 9.17) is 0 Å². The van der Waals surface area contributed by atoms with Gasteiger partial charge < -0.3 is 15.3 Å². The van der Waals surface area contributed by atoms with Gasteiger partial charge in [0, 0.05) is 32.5 Å². The zero-order valence-electron chi connectivity index (χ0n) is 13.9. The first-order chi connectivity index (χ1) is 11.1. The highest BCUT2D eigenvalue weighted by Gasteiger charge is 2.54. The van der Waals surface area contributed by atoms with Crippen LogP contribution < -0.4 is 5.32 Å². The molecular weight excluding hydrogens is 321 g/mol. The molecule has 1 saturated heterocycles. The standard InChI is InChI=1S/C17H23F3N2O2/c1-12-9-13(2)11-14(10-12)3-6-21-15(23)22-7-4-16(24,5-8-22)17(18,19)20/h9-11,24H,3-8H2,1-2H3,(H,21,23). The average Bonchev–Trinajstić information content (AvgIpc) is 2.45. The fourth-order valence-electron chi connectivity index (χ4n) is 3.00. The van der Waals surface area contributed by atoms with Crippen molar-refractivity contribution in [1.29, 1.82) is 0 Å². The SMILES string of the molecule is Cc1cc(C)cc(CCNC(=O)N2CCC(O)(C(F)(F)F)CC2)c1. The number of nitrogens with one attached hydrogen (secondary N) is 1. The molecule has 0 aliphatic carbocycles. The summed E-state index contributed by atoms with van der Waals surface area (Å²) in [6, 6.07) is 5.77. The summed E-state index contributed by atoms with van der Waals surface area (Å²) in [4.78, 5) is 13.4. The summed E-state index contributed by atoms with van der Waals surface area (Å²) >= 11 is 0. The Hall–Kier alpha value is -1.76. The van der Waals surface area contributed by atoms with E-state index >= 15 is 0 Å². The number of hydrogen-bond donors (Lipinski definition) is 2. The van der Waals surface area contributed by atoms with Gasteiger partial charge in [-0.05, 0) is 25.8 Å². The summed E-state index contributed by atoms with van der Waals surface area (Å²) in [6.07, 6.45) is -4.96. The molecule has 24 heavy (non-hydrogen) atoms. The van der Waals surface area contributed by atoms with Crippen molar-refractivity contribution < 1.29 is 23.1 Å². The molecule has 0 unspecified atom stereocenters. The third-order valence-electron chi connectivity index (χ3n) is 4.38. The van der Waals surface area contributed by atoms with Crippen LogP contribution in [0.4, 0.5) is 18.0 Å². The molecule has 2 N–H and O–H groups in total. The van der Waals surface area contributed by atoms with Gasteiger partial charge in [0.15, 0.2) is 5.60 Å². The molecule has 0 radical (unpaired) electrons. The van der Waals surface area contributed by atoms with Crippen LogP contribution in [-0.4, -0.2) is 47.4 Å². The highest BCUT2D eigenvalue weighted by molar-refractivity contribution is 5.74. The van der Waals surface area contributed by atoms with Gasteiger partial charge in [0.1, 0.15) is 0 Å². The Kier molecular flexibility index (Phi) is 5.42. The molecule has 1 heterocycles. The van der Waals surface area contributed by atoms with Crippen LogP contribution in [0.15, 0.2) is 18.2 Å². The normalized spacial score (nSPS) is 17.7. The molecule has 1 aromatic carbocycles. The van der Waals surface area contributed by atoms with Gasteiger partial charge in [-0.3, -0.25) is 0 Å². The van der Waals surface area contributed by atoms with E-state index in [1.54, 1.807) is 0 Å². The Labute approximate surface area is 139 Å². The number of aliphatic hydroxyl groups is 1. The number of likely N-dealkylation sites (tertiary alicyclic amines) is 1. The van der Waals surface area contributed by atoms with E-state index in [2.05, 4.69) is 11.4 Å². The molecular formula is C17H23F3N2O2. The predicted molar refractivity (Wildman–Crippen MR) is 84.8 cm³/mol. The Morgan fingerprint density at radius 3 is 2.25 bits per heavy atom. The number of carbonyl (C=O) groups is 1. The maximum absolute atomic E-state index is 12.7. The van der Waals surface area contributed by atoms with Gasteiger partial charge >= 0.3 is 12.2 Å². The van der Waals surface area contributed by atoms with Gasteiger partial charge in [-0.25, -0.2) is 4.79 Å². The number of alkyl halides is 3. The largest absolute Gasteiger partial charge is 0.417 e. The van der Waals surface area contributed by atoms with Crippen molar-refractivity contribution >= 4 is 6.03 Å². The monoisotopic (exact) mass is 344 g/mol. The van der Waals surface area contributed by atoms with Gasteiger partial charge in [0.2, 0.25) is 0 Å². The molecule has 1 aromatic rings. The van der Waals surface area contributed by atoms with Crippen LogP contribution in [0.2, 0.25) is 0 Å². The van der Waals surface area contributed by atoms with Crippen LogP contribution in [0.1, 0.15) is 29.5 Å². The lowest BCUT2D eigenvalue weighted by molar-refractivity contribution is -0.271. The predicted octanol–water partition coefficient (Wildman–Crippen LogP) is 2.94. The van der Waals surface area contributed by atoms with Crippen LogP contribution in [-0.2, 0) is 6.42 Å². The number of hydrogen-bond acceptors (Lipinski definition) is 2. The second kappa shape index (κ2) is 7.01. The zero-order valence-corrected chi connectivity index (χ0v) is 13.9. The van der Waals surface area contributed by atoms with Crippen molar-refractivity contribution in [2.24, 2.45) is 0 Å². The maximum Gasteiger partial charge on any atom is 0.417 e. The molecule has 2 amide bonds. The first-order valence-corrected chi connectivity index (χ1v) is 8.00. The van der Waals surface area contributed by atoms with Crippen LogP contribution >= 0.6 is 0 Å². The zero-order chi connectivity index (χ0) is 18.0. The topological polar surface area (TPSA) is 52.6 Å². The third-order valence-corrected chi connectivity index (χ3v) is 4.38. The average molecular weight is 344 g/mol. The number of benzene rings is 1. The smallest absolute Gasteiger partial charge is 0.380 e. The first-order valence-electron chi connectivity index (χ1n) is 8.00. The molecule has 0 spiro atoms. The highest BCUT2D eigenvalue weighted by atomic mass is 19.4. The minimum Gasteiger partial charge on any atom is -0.380 e. The molecule has 4 nitrogen and oxygen atoms in total. The van der Waals surface area contributed by atoms with E-state index < -0.39 is 24.6 Å². The van der Waals surface area contributed by atoms with Crippen LogP contribution in [0.3, 0.4) is 0 Å². The molecule has 7 heteroatoms. The number of piperidine rings is 1. The summed E-state index contributed by atoms with van der Waals surface area (Å²) in [7, 11) is 0. The van der Waals surface area contributed by atoms with Crippen molar-refractivity contribution in [3.63, 3.8) is 0 Å². The lowest BCUT2D eigenvalue weighted by Gasteiger charge is -2.39. The second-order valence-corrected chi connectivity index (χ2v) is 6.49. The number of urea groups is 1. The Balaban J connectivity index is 1.80. The summed E-state index contributed by atoms with van der Waals surface area (Å²) in [5, 5.41) is 12.3. The second-order valence-electron chi connectivity index (χ2n) is 6.49. The lowest BCUT2D eigenvalue weighted by Crippen LogP contribution is -2.55. The molecule has 134 valence electrons. The summed E-state index contributed by atoms with van der Waals surface area (Å²) < 4.78 is 38.2. The fraction of sp³-hybridized carbons (Fsp3) is 0.588. The molecule has 0 atom stereocenters. The van der Waals surface area contributed by atoms with Crippen molar-refractivity contribution in [2.45, 2.75) is 44.9 Å². The number of aryl methyl sites for hydroxylation is 2. The van der Waals surface area contributed by atoms with Crippen LogP contribution in [0, 0.1) is 13.8 Å². The number of halogens is 3. The molecule has 2 rings (SSSR count). The number of nitrogens with zero attached hydrogens (tertiary/aromatic N) is 1. The summed E-state index contributed by atoms with van der Waals surface area (Å²) in [5.41, 5.74) is 0.735. The van der Waals surface area contributed by atoms with Gasteiger partial charge in [-0.2, -0.15) is 13.2 Å². The maximum atomic E-state index is 12.7. The Morgan fingerprint density at radius 1 is 1.21 bits per heavy atom. The minimum absolute atomic E-state index is 0.106. The van der Waals surface area contributed by atoms with Crippen molar-refractivity contribution in [1.82, 2.24) is 10.2 Å². The number of carbonyl (C=O) groups excluding carboxylic acids is 1. The Morgan fingerprint density at radius 2 is 1.75 bits per heavy atom. The van der Waals surface area contributed by atoms with E-state index in [-0.39, 0.29) is 19.1 Å². The fourth-order valence-corrected chi connectivity index (χ4v) is 3.00. The third kappa shape index (κ3) is 4.41. The molecule has 0 saturated carbocycles. The van der Waals surface area contributed by atoms with E-state index in [1.165, 1.54) is 4.90 Å².